The van der Waals surface area contributed by atoms with Crippen LogP contribution in [0.3, 0.4) is 0 Å². The maximum atomic E-state index is 12.3. The molecule has 0 bridgehead atoms. The van der Waals surface area contributed by atoms with Crippen LogP contribution in [0.4, 0.5) is 0 Å². The molecule has 5 nitrogen and oxygen atoms in total. The first-order valence-corrected chi connectivity index (χ1v) is 16.2. The predicted molar refractivity (Wildman–Crippen MR) is 172 cm³/mol. The highest BCUT2D eigenvalue weighted by Crippen LogP contribution is 2.24. The number of aromatic nitrogens is 2. The number of carbonyl (C=O) groups is 1. The molecule has 1 heterocycles. The van der Waals surface area contributed by atoms with Gasteiger partial charge >= 0.3 is 0 Å². The summed E-state index contributed by atoms with van der Waals surface area (Å²) >= 11 is 3.50. The van der Waals surface area contributed by atoms with Crippen LogP contribution in [0.1, 0.15) is 115 Å². The van der Waals surface area contributed by atoms with E-state index >= 15 is 0 Å². The van der Waals surface area contributed by atoms with E-state index in [9.17, 15) is 4.79 Å². The molecule has 1 amide bonds. The minimum absolute atomic E-state index is 0.0356. The smallest absolute Gasteiger partial charge is 0.240 e. The minimum Gasteiger partial charge on any atom is -0.273 e. The predicted octanol–water partition coefficient (Wildman–Crippen LogP) is 10.0. The van der Waals surface area contributed by atoms with Gasteiger partial charge in [-0.15, -0.1) is 0 Å². The lowest BCUT2D eigenvalue weighted by Gasteiger charge is -2.03. The molecule has 0 aliphatic carbocycles. The van der Waals surface area contributed by atoms with Crippen LogP contribution < -0.4 is 5.43 Å². The lowest BCUT2D eigenvalue weighted by Crippen LogP contribution is -2.16. The number of carbonyl (C=O) groups excluding carboxylic acids is 1. The molecule has 0 radical (unpaired) electrons. The van der Waals surface area contributed by atoms with Gasteiger partial charge in [0.2, 0.25) is 5.91 Å². The van der Waals surface area contributed by atoms with Gasteiger partial charge in [0, 0.05) is 28.2 Å². The molecule has 0 fully saturated rings. The van der Waals surface area contributed by atoms with Crippen LogP contribution in [0.2, 0.25) is 0 Å². The van der Waals surface area contributed by atoms with Crippen molar-refractivity contribution in [1.82, 2.24) is 15.2 Å². The number of unbranched alkanes of at least 4 members (excludes halogenated alkanes) is 14. The SMILES string of the molecule is CCCCCCCCCCCCCCCCCC(=O)N/N=C/c1cn(-c2ccccc2)nc1-c1ccc(Br)cc1. The fourth-order valence-corrected chi connectivity index (χ4v) is 5.18. The number of nitrogens with one attached hydrogen (secondary N) is 1. The van der Waals surface area contributed by atoms with Crippen molar-refractivity contribution in [2.24, 2.45) is 5.10 Å². The third kappa shape index (κ3) is 12.2. The summed E-state index contributed by atoms with van der Waals surface area (Å²) in [6.45, 7) is 2.28. The zero-order valence-corrected chi connectivity index (χ0v) is 25.9. The number of benzene rings is 2. The van der Waals surface area contributed by atoms with Gasteiger partial charge in [-0.3, -0.25) is 4.79 Å². The highest BCUT2D eigenvalue weighted by molar-refractivity contribution is 9.10. The Balaban J connectivity index is 1.31. The molecule has 0 unspecified atom stereocenters. The Kier molecular flexibility index (Phi) is 15.4. The zero-order chi connectivity index (χ0) is 28.3. The largest absolute Gasteiger partial charge is 0.273 e. The molecule has 0 saturated heterocycles. The molecule has 2 aromatic carbocycles. The van der Waals surface area contributed by atoms with Crippen LogP contribution in [0.15, 0.2) is 70.4 Å². The number of hydrogen-bond donors (Lipinski definition) is 1. The van der Waals surface area contributed by atoms with Crippen LogP contribution in [-0.2, 0) is 4.79 Å². The van der Waals surface area contributed by atoms with Gasteiger partial charge < -0.3 is 0 Å². The van der Waals surface area contributed by atoms with Crippen LogP contribution in [0.5, 0.6) is 0 Å². The average molecular weight is 608 g/mol. The van der Waals surface area contributed by atoms with E-state index in [0.717, 1.165) is 39.8 Å². The van der Waals surface area contributed by atoms with E-state index in [1.165, 1.54) is 83.5 Å². The van der Waals surface area contributed by atoms with Crippen molar-refractivity contribution in [3.05, 3.63) is 70.8 Å². The molecule has 0 saturated carbocycles. The number of para-hydroxylation sites is 1. The van der Waals surface area contributed by atoms with Crippen molar-refractivity contribution >= 4 is 28.1 Å². The molecule has 40 heavy (non-hydrogen) atoms. The van der Waals surface area contributed by atoms with E-state index < -0.39 is 0 Å². The Bertz CT molecular complexity index is 1120. The minimum atomic E-state index is -0.0356. The molecule has 1 aromatic heterocycles. The lowest BCUT2D eigenvalue weighted by molar-refractivity contribution is -0.121. The van der Waals surface area contributed by atoms with Gasteiger partial charge in [0.15, 0.2) is 0 Å². The zero-order valence-electron chi connectivity index (χ0n) is 24.3. The van der Waals surface area contributed by atoms with Crippen molar-refractivity contribution in [2.45, 2.75) is 110 Å². The number of nitrogens with zero attached hydrogens (tertiary/aromatic N) is 3. The van der Waals surface area contributed by atoms with E-state index in [1.54, 1.807) is 6.21 Å². The summed E-state index contributed by atoms with van der Waals surface area (Å²) in [5.74, 6) is -0.0356. The van der Waals surface area contributed by atoms with Crippen molar-refractivity contribution in [1.29, 1.82) is 0 Å². The quantitative estimate of drug-likeness (QED) is 0.0789. The second kappa shape index (κ2) is 19.4. The lowest BCUT2D eigenvalue weighted by atomic mass is 10.0. The Morgan fingerprint density at radius 3 is 1.93 bits per heavy atom. The van der Waals surface area contributed by atoms with Crippen molar-refractivity contribution < 1.29 is 4.79 Å². The fraction of sp³-hybridized carbons (Fsp3) is 0.500. The Labute approximate surface area is 250 Å². The Hall–Kier alpha value is -2.73. The highest BCUT2D eigenvalue weighted by atomic mass is 79.9. The summed E-state index contributed by atoms with van der Waals surface area (Å²) in [5.41, 5.74) is 6.33. The summed E-state index contributed by atoms with van der Waals surface area (Å²) in [4.78, 5) is 12.3. The molecular formula is C34H47BrN4O. The van der Waals surface area contributed by atoms with Crippen LogP contribution in [0, 0.1) is 0 Å². The summed E-state index contributed by atoms with van der Waals surface area (Å²) in [7, 11) is 0. The first kappa shape index (κ1) is 31.8. The van der Waals surface area contributed by atoms with Gasteiger partial charge in [0.1, 0.15) is 5.69 Å². The van der Waals surface area contributed by atoms with E-state index in [-0.39, 0.29) is 5.91 Å². The summed E-state index contributed by atoms with van der Waals surface area (Å²) in [6, 6.07) is 18.0. The molecule has 1 N–H and O–H groups in total. The van der Waals surface area contributed by atoms with Crippen LogP contribution in [0.25, 0.3) is 16.9 Å². The van der Waals surface area contributed by atoms with Gasteiger partial charge in [-0.25, -0.2) is 10.1 Å². The number of hydrazone groups is 1. The maximum absolute atomic E-state index is 12.3. The van der Waals surface area contributed by atoms with Crippen molar-refractivity contribution in [3.8, 4) is 16.9 Å². The molecule has 0 aliphatic heterocycles. The fourth-order valence-electron chi connectivity index (χ4n) is 4.91. The van der Waals surface area contributed by atoms with Gasteiger partial charge in [-0.2, -0.15) is 10.2 Å². The van der Waals surface area contributed by atoms with Crippen molar-refractivity contribution in [3.63, 3.8) is 0 Å². The van der Waals surface area contributed by atoms with Crippen LogP contribution in [-0.4, -0.2) is 21.9 Å². The third-order valence-corrected chi connectivity index (χ3v) is 7.81. The Morgan fingerprint density at radius 2 is 1.35 bits per heavy atom. The maximum Gasteiger partial charge on any atom is 0.240 e. The highest BCUT2D eigenvalue weighted by Gasteiger charge is 2.11. The van der Waals surface area contributed by atoms with Crippen LogP contribution >= 0.6 is 15.9 Å². The molecule has 6 heteroatoms. The standard InChI is InChI=1S/C34H47BrN4O/c1-2-3-4-5-6-7-8-9-10-11-12-13-14-15-19-22-33(40)37-36-27-30-28-39(32-20-17-16-18-21-32)38-34(30)29-23-25-31(35)26-24-29/h16-18,20-21,23-28H,2-15,19,22H2,1H3,(H,37,40)/b36-27+. The number of rotatable bonds is 20. The topological polar surface area (TPSA) is 59.3 Å². The molecule has 0 atom stereocenters. The summed E-state index contributed by atoms with van der Waals surface area (Å²) < 4.78 is 2.86. The van der Waals surface area contributed by atoms with E-state index in [2.05, 4.69) is 33.4 Å². The number of amides is 1. The molecule has 0 spiro atoms. The first-order chi connectivity index (χ1) is 19.7. The van der Waals surface area contributed by atoms with Gasteiger partial charge in [0.25, 0.3) is 0 Å². The second-order valence-electron chi connectivity index (χ2n) is 10.7. The second-order valence-corrected chi connectivity index (χ2v) is 11.6. The van der Waals surface area contributed by atoms with Gasteiger partial charge in [-0.1, -0.05) is 143 Å². The summed E-state index contributed by atoms with van der Waals surface area (Å²) in [6.07, 6.45) is 23.9. The van der Waals surface area contributed by atoms with Crippen molar-refractivity contribution in [2.75, 3.05) is 0 Å². The average Bonchev–Trinajstić information content (AvgIpc) is 3.40. The van der Waals surface area contributed by atoms with Gasteiger partial charge in [-0.05, 0) is 30.7 Å². The number of hydrogen-bond acceptors (Lipinski definition) is 3. The van der Waals surface area contributed by atoms with Gasteiger partial charge in [0.05, 0.1) is 11.9 Å². The third-order valence-electron chi connectivity index (χ3n) is 7.28. The molecule has 3 aromatic rings. The van der Waals surface area contributed by atoms with E-state index in [4.69, 9.17) is 5.10 Å². The van der Waals surface area contributed by atoms with E-state index in [0.29, 0.717) is 6.42 Å². The summed E-state index contributed by atoms with van der Waals surface area (Å²) in [5, 5.41) is 9.05. The monoisotopic (exact) mass is 606 g/mol. The van der Waals surface area contributed by atoms with E-state index in [1.807, 2.05) is 65.5 Å². The normalized spacial score (nSPS) is 11.3. The molecule has 0 aliphatic rings. The molecule has 3 rings (SSSR count). The Morgan fingerprint density at radius 1 is 0.800 bits per heavy atom. The first-order valence-electron chi connectivity index (χ1n) is 15.4. The molecular weight excluding hydrogens is 560 g/mol. The number of halogens is 1. The molecule has 216 valence electrons.